The molecule has 1 atom stereocenters. The van der Waals surface area contributed by atoms with E-state index in [0.29, 0.717) is 37.4 Å². The molecule has 2 bridgehead atoms. The molecule has 3 heterocycles. The zero-order valence-electron chi connectivity index (χ0n) is 17.8. The Kier molecular flexibility index (Phi) is 5.15. The lowest BCUT2D eigenvalue weighted by atomic mass is 9.99. The van der Waals surface area contributed by atoms with Gasteiger partial charge in [-0.25, -0.2) is 13.7 Å². The number of halogens is 2. The summed E-state index contributed by atoms with van der Waals surface area (Å²) >= 11 is 0. The number of allylic oxidation sites excluding steroid dienone is 4. The summed E-state index contributed by atoms with van der Waals surface area (Å²) in [5, 5.41) is 13.0. The van der Waals surface area contributed by atoms with Crippen LogP contribution in [0.2, 0.25) is 0 Å². The number of carbonyl (C=O) groups excluding carboxylic acids is 3. The van der Waals surface area contributed by atoms with Crippen molar-refractivity contribution in [2.24, 2.45) is 0 Å². The Hall–Kier alpha value is -4.08. The van der Waals surface area contributed by atoms with Gasteiger partial charge in [-0.05, 0) is 37.3 Å². The van der Waals surface area contributed by atoms with Crippen LogP contribution in [0, 0.1) is 11.6 Å². The van der Waals surface area contributed by atoms with Crippen molar-refractivity contribution in [3.8, 4) is 5.75 Å². The molecule has 0 fully saturated rings. The van der Waals surface area contributed by atoms with Crippen LogP contribution < -0.4 is 10.7 Å². The number of aromatic hydroxyl groups is 1. The first-order valence-electron chi connectivity index (χ1n) is 10.7. The number of amides is 3. The Labute approximate surface area is 191 Å². The molecule has 34 heavy (non-hydrogen) atoms. The van der Waals surface area contributed by atoms with Gasteiger partial charge in [-0.2, -0.15) is 0 Å². The van der Waals surface area contributed by atoms with Gasteiger partial charge in [-0.15, -0.1) is 0 Å². The third-order valence-electron chi connectivity index (χ3n) is 6.35. The van der Waals surface area contributed by atoms with Gasteiger partial charge < -0.3 is 15.0 Å². The molecule has 174 valence electrons. The molecule has 0 radical (unpaired) electrons. The van der Waals surface area contributed by atoms with Gasteiger partial charge in [0.25, 0.3) is 17.7 Å². The number of hydrogen-bond donors (Lipinski definition) is 2. The number of nitrogens with one attached hydrogen (secondary N) is 1. The van der Waals surface area contributed by atoms with Crippen LogP contribution in [-0.2, 0) is 11.3 Å². The molecule has 0 saturated heterocycles. The molecule has 3 aliphatic rings. The van der Waals surface area contributed by atoms with Crippen LogP contribution in [0.1, 0.15) is 58.1 Å². The fraction of sp³-hybridized carbons (Fsp3) is 0.250. The summed E-state index contributed by atoms with van der Waals surface area (Å²) in [5.74, 6) is -4.81. The minimum Gasteiger partial charge on any atom is -0.503 e. The fourth-order valence-electron chi connectivity index (χ4n) is 4.64. The van der Waals surface area contributed by atoms with E-state index in [4.69, 9.17) is 0 Å². The van der Waals surface area contributed by atoms with Crippen LogP contribution >= 0.6 is 0 Å². The molecule has 1 aromatic carbocycles. The molecule has 8 nitrogen and oxygen atoms in total. The Morgan fingerprint density at radius 1 is 1.18 bits per heavy atom. The minimum absolute atomic E-state index is 0.00786. The van der Waals surface area contributed by atoms with Gasteiger partial charge >= 0.3 is 0 Å². The van der Waals surface area contributed by atoms with Crippen LogP contribution in [-0.4, -0.2) is 32.3 Å². The van der Waals surface area contributed by atoms with E-state index in [1.165, 1.54) is 4.57 Å². The molecule has 0 spiro atoms. The Morgan fingerprint density at radius 3 is 2.74 bits per heavy atom. The average molecular weight is 467 g/mol. The molecule has 0 saturated carbocycles. The highest BCUT2D eigenvalue weighted by molar-refractivity contribution is 6.11. The highest BCUT2D eigenvalue weighted by atomic mass is 19.1. The van der Waals surface area contributed by atoms with Crippen molar-refractivity contribution in [3.63, 3.8) is 0 Å². The molecule has 10 heteroatoms. The number of rotatable bonds is 3. The van der Waals surface area contributed by atoms with Crippen molar-refractivity contribution in [2.75, 3.05) is 0 Å². The van der Waals surface area contributed by atoms with E-state index in [9.17, 15) is 33.1 Å². The maximum atomic E-state index is 13.9. The normalized spacial score (nSPS) is 19.0. The van der Waals surface area contributed by atoms with Crippen LogP contribution in [0.4, 0.5) is 8.78 Å². The molecule has 2 aromatic rings. The zero-order valence-corrected chi connectivity index (χ0v) is 17.8. The molecule has 1 aliphatic carbocycles. The first-order valence-corrected chi connectivity index (χ1v) is 10.7. The SMILES string of the molecule is O=C(NCc1ccc(F)cc1F)c1cn2c(c(O)c1=O)C(=O)N1C(=O)C2CCC2=C1CCC=C2. The van der Waals surface area contributed by atoms with Crippen molar-refractivity contribution >= 4 is 17.7 Å². The molecule has 1 unspecified atom stereocenters. The van der Waals surface area contributed by atoms with E-state index in [1.807, 2.05) is 12.2 Å². The summed E-state index contributed by atoms with van der Waals surface area (Å²) in [6.45, 7) is -0.342. The van der Waals surface area contributed by atoms with Gasteiger partial charge in [0, 0.05) is 30.1 Å². The number of benzene rings is 1. The number of imide groups is 1. The van der Waals surface area contributed by atoms with Crippen molar-refractivity contribution in [2.45, 2.75) is 38.3 Å². The molecule has 5 rings (SSSR count). The Morgan fingerprint density at radius 2 is 1.97 bits per heavy atom. The quantitative estimate of drug-likeness (QED) is 0.675. The van der Waals surface area contributed by atoms with Crippen molar-refractivity contribution in [1.82, 2.24) is 14.8 Å². The Balaban J connectivity index is 1.52. The number of fused-ring (bicyclic) bond motifs is 5. The van der Waals surface area contributed by atoms with Crippen LogP contribution in [0.5, 0.6) is 5.75 Å². The van der Waals surface area contributed by atoms with Crippen molar-refractivity contribution < 1.29 is 28.3 Å². The summed E-state index contributed by atoms with van der Waals surface area (Å²) in [6.07, 6.45) is 6.89. The van der Waals surface area contributed by atoms with Gasteiger partial charge in [0.1, 0.15) is 23.2 Å². The second kappa shape index (κ2) is 8.05. The monoisotopic (exact) mass is 467 g/mol. The van der Waals surface area contributed by atoms with Crippen molar-refractivity contribution in [1.29, 1.82) is 0 Å². The van der Waals surface area contributed by atoms with Crippen LogP contribution in [0.3, 0.4) is 0 Å². The zero-order chi connectivity index (χ0) is 24.1. The maximum absolute atomic E-state index is 13.9. The number of hydrogen-bond acceptors (Lipinski definition) is 5. The summed E-state index contributed by atoms with van der Waals surface area (Å²) in [5.41, 5.74) is -0.516. The molecule has 2 aliphatic heterocycles. The fourth-order valence-corrected chi connectivity index (χ4v) is 4.64. The minimum atomic E-state index is -1.08. The standard InChI is InChI=1S/C24H19F2N3O5/c25-14-7-5-13(16(26)9-14)10-27-22(32)15-11-28-18-8-6-12-3-1-2-4-17(12)29(23(18)33)24(34)19(28)21(31)20(15)30/h1,3,5,7,9,11,18,31H,2,4,6,8,10H2,(H,27,32). The number of carbonyl (C=O) groups is 3. The molecule has 3 amide bonds. The highest BCUT2D eigenvalue weighted by Crippen LogP contribution is 2.39. The molecule has 1 aromatic heterocycles. The lowest BCUT2D eigenvalue weighted by molar-refractivity contribution is -0.131. The molecular weight excluding hydrogens is 448 g/mol. The molecule has 2 N–H and O–H groups in total. The topological polar surface area (TPSA) is 109 Å². The largest absolute Gasteiger partial charge is 0.503 e. The van der Waals surface area contributed by atoms with E-state index in [2.05, 4.69) is 5.32 Å². The van der Waals surface area contributed by atoms with Gasteiger partial charge in [0.2, 0.25) is 5.43 Å². The highest BCUT2D eigenvalue weighted by Gasteiger charge is 2.45. The van der Waals surface area contributed by atoms with Crippen LogP contribution in [0.25, 0.3) is 0 Å². The third-order valence-corrected chi connectivity index (χ3v) is 6.35. The van der Waals surface area contributed by atoms with E-state index in [1.54, 1.807) is 0 Å². The van der Waals surface area contributed by atoms with Crippen LogP contribution in [0.15, 0.2) is 52.6 Å². The maximum Gasteiger partial charge on any atom is 0.285 e. The summed E-state index contributed by atoms with van der Waals surface area (Å²) in [4.78, 5) is 53.0. The first kappa shape index (κ1) is 21.7. The lowest BCUT2D eigenvalue weighted by Crippen LogP contribution is -2.48. The number of aromatic nitrogens is 1. The third kappa shape index (κ3) is 3.33. The summed E-state index contributed by atoms with van der Waals surface area (Å²) in [7, 11) is 0. The van der Waals surface area contributed by atoms with Gasteiger partial charge in [-0.3, -0.25) is 19.2 Å². The predicted octanol–water partition coefficient (Wildman–Crippen LogP) is 2.68. The number of nitrogens with zero attached hydrogens (tertiary/aromatic N) is 2. The van der Waals surface area contributed by atoms with E-state index in [-0.39, 0.29) is 17.8 Å². The lowest BCUT2D eigenvalue weighted by Gasteiger charge is -2.34. The van der Waals surface area contributed by atoms with Gasteiger partial charge in [-0.1, -0.05) is 18.2 Å². The van der Waals surface area contributed by atoms with E-state index >= 15 is 0 Å². The van der Waals surface area contributed by atoms with Gasteiger partial charge in [0.15, 0.2) is 11.4 Å². The smallest absolute Gasteiger partial charge is 0.285 e. The van der Waals surface area contributed by atoms with E-state index in [0.717, 1.165) is 28.8 Å². The predicted molar refractivity (Wildman–Crippen MR) is 115 cm³/mol. The average Bonchev–Trinajstić information content (AvgIpc) is 2.92. The van der Waals surface area contributed by atoms with Crippen molar-refractivity contribution in [3.05, 3.63) is 86.5 Å². The second-order valence-electron chi connectivity index (χ2n) is 8.34. The molecular formula is C24H19F2N3O5. The second-order valence-corrected chi connectivity index (χ2v) is 8.34. The number of pyridine rings is 1. The summed E-state index contributed by atoms with van der Waals surface area (Å²) < 4.78 is 28.2. The Bertz CT molecular complexity index is 1390. The van der Waals surface area contributed by atoms with Gasteiger partial charge in [0.05, 0.1) is 0 Å². The first-order chi connectivity index (χ1) is 16.3. The van der Waals surface area contributed by atoms with E-state index < -0.39 is 52.1 Å². The summed E-state index contributed by atoms with van der Waals surface area (Å²) in [6, 6.07) is 1.96.